The van der Waals surface area contributed by atoms with E-state index in [4.69, 9.17) is 11.6 Å². The van der Waals surface area contributed by atoms with Crippen LogP contribution in [-0.2, 0) is 9.59 Å². The van der Waals surface area contributed by atoms with E-state index < -0.39 is 0 Å². The number of halogens is 1. The number of aryl methyl sites for hydroxylation is 1. The van der Waals surface area contributed by atoms with Gasteiger partial charge in [-0.2, -0.15) is 0 Å². The third-order valence-electron chi connectivity index (χ3n) is 4.04. The molecule has 24 heavy (non-hydrogen) atoms. The van der Waals surface area contributed by atoms with E-state index in [1.54, 1.807) is 17.0 Å². The molecule has 0 heterocycles. The molecule has 2 N–H and O–H groups in total. The predicted molar refractivity (Wildman–Crippen MR) is 99.4 cm³/mol. The predicted octanol–water partition coefficient (Wildman–Crippen LogP) is 3.07. The van der Waals surface area contributed by atoms with Gasteiger partial charge in [0.1, 0.15) is 0 Å². The van der Waals surface area contributed by atoms with Crippen molar-refractivity contribution in [3.63, 3.8) is 0 Å². The Bertz CT molecular complexity index is 575. The Morgan fingerprint density at radius 2 is 1.79 bits per heavy atom. The molecule has 0 aliphatic rings. The molecule has 0 saturated carbocycles. The van der Waals surface area contributed by atoms with Crippen molar-refractivity contribution in [2.75, 3.05) is 25.0 Å². The molecular weight excluding hydrogens is 326 g/mol. The highest BCUT2D eigenvalue weighted by Gasteiger charge is 2.16. The van der Waals surface area contributed by atoms with Crippen molar-refractivity contribution in [1.29, 1.82) is 0 Å². The summed E-state index contributed by atoms with van der Waals surface area (Å²) in [7, 11) is 0. The van der Waals surface area contributed by atoms with E-state index in [1.165, 1.54) is 0 Å². The summed E-state index contributed by atoms with van der Waals surface area (Å²) in [4.78, 5) is 26.1. The lowest BCUT2D eigenvalue weighted by Gasteiger charge is -2.22. The lowest BCUT2D eigenvalue weighted by Crippen LogP contribution is -2.44. The molecule has 6 heteroatoms. The van der Waals surface area contributed by atoms with E-state index in [9.17, 15) is 9.59 Å². The summed E-state index contributed by atoms with van der Waals surface area (Å²) in [5, 5.41) is 6.38. The highest BCUT2D eigenvalue weighted by Crippen LogP contribution is 2.20. The molecular formula is C18H28ClN3O2. The van der Waals surface area contributed by atoms with E-state index in [0.717, 1.165) is 5.56 Å². The number of benzene rings is 1. The molecule has 1 aromatic rings. The molecule has 0 unspecified atom stereocenters. The van der Waals surface area contributed by atoms with E-state index in [0.29, 0.717) is 23.2 Å². The molecule has 0 aliphatic heterocycles. The zero-order chi connectivity index (χ0) is 18.3. The summed E-state index contributed by atoms with van der Waals surface area (Å²) in [6.07, 6.45) is 0. The molecule has 0 radical (unpaired) electrons. The minimum absolute atomic E-state index is 0.0650. The number of nitrogens with zero attached hydrogens (tertiary/aromatic N) is 1. The Morgan fingerprint density at radius 3 is 2.38 bits per heavy atom. The average Bonchev–Trinajstić information content (AvgIpc) is 2.49. The van der Waals surface area contributed by atoms with Crippen LogP contribution in [0, 0.1) is 12.8 Å². The second kappa shape index (κ2) is 9.64. The van der Waals surface area contributed by atoms with Crippen LogP contribution in [0.25, 0.3) is 0 Å². The number of rotatable bonds is 8. The summed E-state index contributed by atoms with van der Waals surface area (Å²) in [5.41, 5.74) is 1.64. The first-order chi connectivity index (χ1) is 11.2. The number of anilines is 1. The van der Waals surface area contributed by atoms with Gasteiger partial charge in [-0.05, 0) is 44.0 Å². The molecule has 5 nitrogen and oxygen atoms in total. The zero-order valence-electron chi connectivity index (χ0n) is 15.1. The van der Waals surface area contributed by atoms with E-state index >= 15 is 0 Å². The molecule has 0 aromatic heterocycles. The maximum atomic E-state index is 12.2. The quantitative estimate of drug-likeness (QED) is 0.755. The fraction of sp³-hybridized carbons (Fsp3) is 0.556. The van der Waals surface area contributed by atoms with Gasteiger partial charge >= 0.3 is 0 Å². The van der Waals surface area contributed by atoms with E-state index in [-0.39, 0.29) is 30.9 Å². The Hall–Kier alpha value is -1.59. The van der Waals surface area contributed by atoms with Gasteiger partial charge in [-0.25, -0.2) is 0 Å². The van der Waals surface area contributed by atoms with Crippen LogP contribution in [-0.4, -0.2) is 42.4 Å². The van der Waals surface area contributed by atoms with Crippen molar-refractivity contribution in [2.24, 2.45) is 5.92 Å². The normalized spacial score (nSPS) is 12.3. The maximum absolute atomic E-state index is 12.2. The second-order valence-electron chi connectivity index (χ2n) is 6.41. The van der Waals surface area contributed by atoms with Crippen LogP contribution in [0.1, 0.15) is 33.3 Å². The van der Waals surface area contributed by atoms with E-state index in [1.807, 2.05) is 26.8 Å². The van der Waals surface area contributed by atoms with Gasteiger partial charge in [0.25, 0.3) is 0 Å². The van der Waals surface area contributed by atoms with Gasteiger partial charge in [-0.15, -0.1) is 0 Å². The monoisotopic (exact) mass is 353 g/mol. The molecule has 0 bridgehead atoms. The molecule has 134 valence electrons. The lowest BCUT2D eigenvalue weighted by atomic mass is 10.1. The van der Waals surface area contributed by atoms with Gasteiger partial charge in [0.2, 0.25) is 11.8 Å². The number of hydrogen-bond donors (Lipinski definition) is 2. The highest BCUT2D eigenvalue weighted by atomic mass is 35.5. The summed E-state index contributed by atoms with van der Waals surface area (Å²) < 4.78 is 0. The number of nitrogens with one attached hydrogen (secondary N) is 2. The topological polar surface area (TPSA) is 61.4 Å². The Labute approximate surface area is 149 Å². The molecule has 2 amide bonds. The summed E-state index contributed by atoms with van der Waals surface area (Å²) in [5.74, 6) is 0.148. The Kier molecular flexibility index (Phi) is 8.22. The first kappa shape index (κ1) is 20.5. The standard InChI is InChI=1S/C18H28ClN3O2/c1-6-22(10-17(23)20-14(5)12(2)3)11-18(24)21-16-9-15(19)8-7-13(16)4/h7-9,12,14H,6,10-11H2,1-5H3,(H,20,23)(H,21,24)/t14-/m1/s1. The minimum Gasteiger partial charge on any atom is -0.352 e. The molecule has 1 aromatic carbocycles. The average molecular weight is 354 g/mol. The molecule has 1 atom stereocenters. The minimum atomic E-state index is -0.160. The van der Waals surface area contributed by atoms with Crippen molar-refractivity contribution < 1.29 is 9.59 Å². The van der Waals surface area contributed by atoms with Crippen molar-refractivity contribution >= 4 is 29.1 Å². The van der Waals surface area contributed by atoms with Crippen LogP contribution in [0.5, 0.6) is 0 Å². The molecule has 0 fully saturated rings. The fourth-order valence-corrected chi connectivity index (χ4v) is 2.24. The van der Waals surface area contributed by atoms with Crippen molar-refractivity contribution in [2.45, 2.75) is 40.7 Å². The Morgan fingerprint density at radius 1 is 1.17 bits per heavy atom. The van der Waals surface area contributed by atoms with Gasteiger partial charge < -0.3 is 10.6 Å². The Balaban J connectivity index is 2.56. The van der Waals surface area contributed by atoms with Gasteiger partial charge in [0.15, 0.2) is 0 Å². The first-order valence-electron chi connectivity index (χ1n) is 8.30. The SMILES string of the molecule is CCN(CC(=O)Nc1cc(Cl)ccc1C)CC(=O)N[C@H](C)C(C)C. The molecule has 1 rings (SSSR count). The third-order valence-corrected chi connectivity index (χ3v) is 4.28. The number of carbonyl (C=O) groups excluding carboxylic acids is 2. The second-order valence-corrected chi connectivity index (χ2v) is 6.85. The van der Waals surface area contributed by atoms with Crippen LogP contribution in [0.2, 0.25) is 5.02 Å². The number of likely N-dealkylation sites (N-methyl/N-ethyl adjacent to an activating group) is 1. The van der Waals surface area contributed by atoms with Crippen LogP contribution in [0.15, 0.2) is 18.2 Å². The first-order valence-corrected chi connectivity index (χ1v) is 8.68. The van der Waals surface area contributed by atoms with Crippen LogP contribution in [0.4, 0.5) is 5.69 Å². The van der Waals surface area contributed by atoms with Crippen molar-refractivity contribution in [1.82, 2.24) is 10.2 Å². The number of carbonyl (C=O) groups is 2. The van der Waals surface area contributed by atoms with Crippen LogP contribution in [0.3, 0.4) is 0 Å². The molecule has 0 saturated heterocycles. The van der Waals surface area contributed by atoms with Gasteiger partial charge in [0, 0.05) is 16.8 Å². The van der Waals surface area contributed by atoms with Gasteiger partial charge in [-0.1, -0.05) is 38.4 Å². The van der Waals surface area contributed by atoms with Crippen molar-refractivity contribution in [3.05, 3.63) is 28.8 Å². The third kappa shape index (κ3) is 6.89. The van der Waals surface area contributed by atoms with Crippen LogP contribution >= 0.6 is 11.6 Å². The zero-order valence-corrected chi connectivity index (χ0v) is 15.9. The van der Waals surface area contributed by atoms with Crippen LogP contribution < -0.4 is 10.6 Å². The van der Waals surface area contributed by atoms with E-state index in [2.05, 4.69) is 24.5 Å². The maximum Gasteiger partial charge on any atom is 0.238 e. The molecule has 0 spiro atoms. The van der Waals surface area contributed by atoms with Gasteiger partial charge in [-0.3, -0.25) is 14.5 Å². The number of hydrogen-bond acceptors (Lipinski definition) is 3. The van der Waals surface area contributed by atoms with Crippen molar-refractivity contribution in [3.8, 4) is 0 Å². The van der Waals surface area contributed by atoms with Gasteiger partial charge in [0.05, 0.1) is 13.1 Å². The fourth-order valence-electron chi connectivity index (χ4n) is 2.07. The summed E-state index contributed by atoms with van der Waals surface area (Å²) in [6.45, 7) is 10.9. The molecule has 0 aliphatic carbocycles. The summed E-state index contributed by atoms with van der Waals surface area (Å²) in [6, 6.07) is 5.47. The largest absolute Gasteiger partial charge is 0.352 e. The lowest BCUT2D eigenvalue weighted by molar-refractivity contribution is -0.124. The smallest absolute Gasteiger partial charge is 0.238 e. The number of amides is 2. The summed E-state index contributed by atoms with van der Waals surface area (Å²) >= 11 is 5.96. The highest BCUT2D eigenvalue weighted by molar-refractivity contribution is 6.31.